The average Bonchev–Trinajstić information content (AvgIpc) is 2.79. The molecule has 7 heteroatoms. The predicted molar refractivity (Wildman–Crippen MR) is 125 cm³/mol. The molecule has 3 rings (SSSR count). The molecule has 0 unspecified atom stereocenters. The number of ether oxygens (including phenoxy) is 3. The first-order valence-corrected chi connectivity index (χ1v) is 10.1. The molecule has 0 saturated carbocycles. The maximum atomic E-state index is 15.0. The van der Waals surface area contributed by atoms with Gasteiger partial charge in [0.1, 0.15) is 17.4 Å². The van der Waals surface area contributed by atoms with E-state index in [0.29, 0.717) is 11.1 Å². The van der Waals surface area contributed by atoms with Crippen LogP contribution < -0.4 is 14.2 Å². The van der Waals surface area contributed by atoms with Crippen LogP contribution in [0.4, 0.5) is 8.78 Å². The Morgan fingerprint density at radius 3 is 1.79 bits per heavy atom. The Kier molecular flexibility index (Phi) is 7.26. The van der Waals surface area contributed by atoms with E-state index >= 15 is 4.39 Å². The van der Waals surface area contributed by atoms with Crippen LogP contribution in [0.25, 0.3) is 22.3 Å². The monoisotopic (exact) mass is 464 g/mol. The summed E-state index contributed by atoms with van der Waals surface area (Å²) >= 11 is 0. The maximum Gasteiger partial charge on any atom is 0.338 e. The van der Waals surface area contributed by atoms with Crippen LogP contribution in [0.2, 0.25) is 0 Å². The van der Waals surface area contributed by atoms with E-state index in [-0.39, 0.29) is 39.5 Å². The van der Waals surface area contributed by atoms with Gasteiger partial charge in [0.05, 0.1) is 7.11 Å². The third-order valence-electron chi connectivity index (χ3n) is 4.81. The number of hydrogen-bond donors (Lipinski definition) is 0. The van der Waals surface area contributed by atoms with Gasteiger partial charge < -0.3 is 14.2 Å². The largest absolute Gasteiger partial charge is 0.493 e. The number of benzene rings is 3. The zero-order chi connectivity index (χ0) is 25.0. The summed E-state index contributed by atoms with van der Waals surface area (Å²) in [5, 5.41) is 0. The van der Waals surface area contributed by atoms with E-state index in [0.717, 1.165) is 6.07 Å². The molecule has 0 atom stereocenters. The normalized spacial score (nSPS) is 10.4. The second-order valence-electron chi connectivity index (χ2n) is 7.54. The summed E-state index contributed by atoms with van der Waals surface area (Å²) in [6, 6.07) is 12.8. The minimum absolute atomic E-state index is 0.0193. The molecule has 0 aliphatic heterocycles. The van der Waals surface area contributed by atoms with Gasteiger partial charge in [-0.1, -0.05) is 31.4 Å². The summed E-state index contributed by atoms with van der Waals surface area (Å²) in [7, 11) is 1.40. The van der Waals surface area contributed by atoms with Crippen LogP contribution >= 0.6 is 0 Å². The van der Waals surface area contributed by atoms with Gasteiger partial charge >= 0.3 is 11.9 Å². The van der Waals surface area contributed by atoms with Gasteiger partial charge in [0.25, 0.3) is 0 Å². The van der Waals surface area contributed by atoms with Gasteiger partial charge in [-0.2, -0.15) is 0 Å². The Morgan fingerprint density at radius 2 is 1.24 bits per heavy atom. The lowest BCUT2D eigenvalue weighted by molar-refractivity contribution is -0.131. The number of esters is 2. The van der Waals surface area contributed by atoms with E-state index in [1.54, 1.807) is 12.1 Å². The van der Waals surface area contributed by atoms with Crippen LogP contribution in [0.1, 0.15) is 13.8 Å². The molecule has 0 aliphatic rings. The van der Waals surface area contributed by atoms with Gasteiger partial charge in [0, 0.05) is 28.3 Å². The lowest BCUT2D eigenvalue weighted by atomic mass is 9.99. The molecule has 0 spiro atoms. The zero-order valence-corrected chi connectivity index (χ0v) is 18.9. The van der Waals surface area contributed by atoms with Crippen molar-refractivity contribution in [2.45, 2.75) is 13.8 Å². The minimum Gasteiger partial charge on any atom is -0.493 e. The molecule has 174 valence electrons. The second kappa shape index (κ2) is 10.1. The highest BCUT2D eigenvalue weighted by atomic mass is 19.1. The van der Waals surface area contributed by atoms with E-state index in [2.05, 4.69) is 13.2 Å². The van der Waals surface area contributed by atoms with Crippen molar-refractivity contribution in [3.8, 4) is 39.5 Å². The number of rotatable bonds is 7. The minimum atomic E-state index is -0.676. The highest BCUT2D eigenvalue weighted by Crippen LogP contribution is 2.36. The Morgan fingerprint density at radius 1 is 0.706 bits per heavy atom. The first-order chi connectivity index (χ1) is 16.1. The van der Waals surface area contributed by atoms with Crippen LogP contribution in [0.5, 0.6) is 17.2 Å². The summed E-state index contributed by atoms with van der Waals surface area (Å²) in [6.45, 7) is 10.0. The molecule has 3 aromatic carbocycles. The highest BCUT2D eigenvalue weighted by molar-refractivity contribution is 5.89. The first kappa shape index (κ1) is 24.4. The summed E-state index contributed by atoms with van der Waals surface area (Å²) in [5.41, 5.74) is 1.56. The van der Waals surface area contributed by atoms with Crippen LogP contribution in [0, 0.1) is 11.6 Å². The second-order valence-corrected chi connectivity index (χ2v) is 7.54. The van der Waals surface area contributed by atoms with Crippen LogP contribution in [-0.4, -0.2) is 19.0 Å². The van der Waals surface area contributed by atoms with E-state index in [9.17, 15) is 14.0 Å². The van der Waals surface area contributed by atoms with Crippen molar-refractivity contribution >= 4 is 11.9 Å². The van der Waals surface area contributed by atoms with E-state index in [1.807, 2.05) is 0 Å². The molecule has 0 aliphatic carbocycles. The summed E-state index contributed by atoms with van der Waals surface area (Å²) in [6.07, 6.45) is 0. The number of hydrogen-bond acceptors (Lipinski definition) is 5. The number of methoxy groups -OCH3 is 1. The van der Waals surface area contributed by atoms with Crippen molar-refractivity contribution in [2.75, 3.05) is 7.11 Å². The fourth-order valence-corrected chi connectivity index (χ4v) is 3.01. The van der Waals surface area contributed by atoms with Gasteiger partial charge in [-0.25, -0.2) is 18.4 Å². The van der Waals surface area contributed by atoms with Crippen molar-refractivity contribution < 1.29 is 32.6 Å². The molecule has 0 saturated heterocycles. The van der Waals surface area contributed by atoms with Crippen molar-refractivity contribution in [1.29, 1.82) is 0 Å². The summed E-state index contributed by atoms with van der Waals surface area (Å²) in [5.74, 6) is -2.12. The molecule has 5 nitrogen and oxygen atoms in total. The Labute approximate surface area is 195 Å². The predicted octanol–water partition coefficient (Wildman–Crippen LogP) is 6.27. The molecule has 0 fully saturated rings. The topological polar surface area (TPSA) is 61.8 Å². The first-order valence-electron chi connectivity index (χ1n) is 10.1. The smallest absolute Gasteiger partial charge is 0.338 e. The molecule has 0 amide bonds. The fourth-order valence-electron chi connectivity index (χ4n) is 3.01. The van der Waals surface area contributed by atoms with E-state index in [1.165, 1.54) is 57.4 Å². The molecule has 3 aromatic rings. The summed E-state index contributed by atoms with van der Waals surface area (Å²) in [4.78, 5) is 23.4. The third kappa shape index (κ3) is 5.38. The van der Waals surface area contributed by atoms with Crippen LogP contribution in [-0.2, 0) is 9.59 Å². The maximum absolute atomic E-state index is 15.0. The number of carbonyl (C=O) groups is 2. The van der Waals surface area contributed by atoms with Crippen molar-refractivity contribution in [3.05, 3.63) is 90.5 Å². The Hall–Kier alpha value is -4.26. The van der Waals surface area contributed by atoms with E-state index < -0.39 is 23.6 Å². The van der Waals surface area contributed by atoms with Crippen molar-refractivity contribution in [3.63, 3.8) is 0 Å². The van der Waals surface area contributed by atoms with E-state index in [4.69, 9.17) is 14.2 Å². The average molecular weight is 464 g/mol. The summed E-state index contributed by atoms with van der Waals surface area (Å²) < 4.78 is 45.2. The van der Waals surface area contributed by atoms with Gasteiger partial charge in [0.2, 0.25) is 0 Å². The quantitative estimate of drug-likeness (QED) is 0.234. The molecule has 0 heterocycles. The SMILES string of the molecule is C=C(C)C(=O)Oc1ccc(-c2ccc(-c3ccc(OC(=O)C(=C)C)c(OC)c3)c(F)c2)c(F)c1. The number of halogens is 2. The lowest BCUT2D eigenvalue weighted by Crippen LogP contribution is -2.09. The fraction of sp³-hybridized carbons (Fsp3) is 0.111. The standard InChI is InChI=1S/C27H22F2O5/c1-15(2)26(30)33-19-8-10-21(23(29)14-19)17-6-9-20(22(28)12-17)18-7-11-24(25(13-18)32-5)34-27(31)16(3)4/h6-14H,1,3H2,2,4-5H3. The van der Waals surface area contributed by atoms with Crippen molar-refractivity contribution in [2.24, 2.45) is 0 Å². The molecular weight excluding hydrogens is 442 g/mol. The molecule has 0 aromatic heterocycles. The van der Waals surface area contributed by atoms with Crippen LogP contribution in [0.3, 0.4) is 0 Å². The molecule has 0 N–H and O–H groups in total. The zero-order valence-electron chi connectivity index (χ0n) is 18.9. The Balaban J connectivity index is 1.89. The van der Waals surface area contributed by atoms with Crippen molar-refractivity contribution in [1.82, 2.24) is 0 Å². The Bertz CT molecular complexity index is 1310. The highest BCUT2D eigenvalue weighted by Gasteiger charge is 2.16. The molecule has 0 radical (unpaired) electrons. The lowest BCUT2D eigenvalue weighted by Gasteiger charge is -2.12. The molecule has 0 bridgehead atoms. The van der Waals surface area contributed by atoms with Gasteiger partial charge in [-0.3, -0.25) is 0 Å². The van der Waals surface area contributed by atoms with Gasteiger partial charge in [-0.05, 0) is 55.3 Å². The molecule has 34 heavy (non-hydrogen) atoms. The molecular formula is C27H22F2O5. The number of carbonyl (C=O) groups excluding carboxylic acids is 2. The van der Waals surface area contributed by atoms with Crippen LogP contribution in [0.15, 0.2) is 78.9 Å². The van der Waals surface area contributed by atoms with Gasteiger partial charge in [0.15, 0.2) is 11.5 Å². The van der Waals surface area contributed by atoms with Gasteiger partial charge in [-0.15, -0.1) is 0 Å². The third-order valence-corrected chi connectivity index (χ3v) is 4.81.